The molecule has 2 aromatic carbocycles. The molecule has 0 amide bonds. The van der Waals surface area contributed by atoms with Crippen LogP contribution in [0, 0.1) is 0 Å². The number of hydrogen-bond acceptors (Lipinski definition) is 6. The minimum absolute atomic E-state index is 0.0270. The smallest absolute Gasteiger partial charge is 0.166 e. The van der Waals surface area contributed by atoms with Crippen molar-refractivity contribution in [1.29, 1.82) is 0 Å². The van der Waals surface area contributed by atoms with E-state index >= 15 is 0 Å². The van der Waals surface area contributed by atoms with Crippen molar-refractivity contribution in [3.05, 3.63) is 89.2 Å². The lowest BCUT2D eigenvalue weighted by atomic mass is 10.0. The molecule has 0 aliphatic carbocycles. The summed E-state index contributed by atoms with van der Waals surface area (Å²) in [6.07, 6.45) is 4.15. The number of para-hydroxylation sites is 1. The van der Waals surface area contributed by atoms with Crippen LogP contribution < -0.4 is 15.8 Å². The summed E-state index contributed by atoms with van der Waals surface area (Å²) in [5, 5.41) is 5.52. The average Bonchev–Trinajstić information content (AvgIpc) is 2.82. The van der Waals surface area contributed by atoms with Crippen molar-refractivity contribution in [2.75, 3.05) is 24.2 Å². The number of rotatable bonds is 9. The first-order valence-electron chi connectivity index (χ1n) is 10.3. The monoisotopic (exact) mass is 446 g/mol. The average molecular weight is 447 g/mol. The van der Waals surface area contributed by atoms with Gasteiger partial charge >= 0.3 is 0 Å². The summed E-state index contributed by atoms with van der Waals surface area (Å²) in [5.41, 5.74) is 7.45. The Labute approximate surface area is 191 Å². The van der Waals surface area contributed by atoms with Gasteiger partial charge in [0.2, 0.25) is 0 Å². The molecule has 0 spiro atoms. The summed E-state index contributed by atoms with van der Waals surface area (Å²) < 4.78 is 5.69. The van der Waals surface area contributed by atoms with E-state index in [1.54, 1.807) is 12.3 Å². The predicted octanol–water partition coefficient (Wildman–Crippen LogP) is 5.17. The third-order valence-corrected chi connectivity index (χ3v) is 5.27. The molecule has 0 aliphatic rings. The van der Waals surface area contributed by atoms with Crippen LogP contribution in [0.1, 0.15) is 22.3 Å². The SMILES string of the molecule is Nc1nccc2cc(CCC(=O)c3cc(Cl)cnc3NCCOc3ccccc3)ccc12. The molecule has 0 saturated heterocycles. The van der Waals surface area contributed by atoms with Gasteiger partial charge in [0.05, 0.1) is 17.1 Å². The number of pyridine rings is 2. The number of ketones is 1. The minimum Gasteiger partial charge on any atom is -0.492 e. The Bertz CT molecular complexity index is 1230. The first-order valence-corrected chi connectivity index (χ1v) is 10.7. The van der Waals surface area contributed by atoms with E-state index in [4.69, 9.17) is 22.1 Å². The quantitative estimate of drug-likeness (QED) is 0.272. The molecule has 4 rings (SSSR count). The van der Waals surface area contributed by atoms with E-state index in [0.717, 1.165) is 22.1 Å². The van der Waals surface area contributed by atoms with Gasteiger partial charge in [-0.25, -0.2) is 9.97 Å². The van der Waals surface area contributed by atoms with Gasteiger partial charge in [-0.2, -0.15) is 0 Å². The number of fused-ring (bicyclic) bond motifs is 1. The number of nitrogens with zero attached hydrogens (tertiary/aromatic N) is 2. The highest BCUT2D eigenvalue weighted by atomic mass is 35.5. The Hall–Kier alpha value is -3.64. The molecule has 3 N–H and O–H groups in total. The summed E-state index contributed by atoms with van der Waals surface area (Å²) in [6, 6.07) is 19.1. The van der Waals surface area contributed by atoms with Crippen molar-refractivity contribution in [2.24, 2.45) is 0 Å². The molecule has 7 heteroatoms. The van der Waals surface area contributed by atoms with Crippen molar-refractivity contribution in [1.82, 2.24) is 9.97 Å². The van der Waals surface area contributed by atoms with Gasteiger partial charge in [0.25, 0.3) is 0 Å². The third-order valence-electron chi connectivity index (χ3n) is 5.06. The highest BCUT2D eigenvalue weighted by Crippen LogP contribution is 2.23. The number of Topliss-reactive ketones (excluding diaryl/α,β-unsaturated/α-hetero) is 1. The molecule has 4 aromatic rings. The lowest BCUT2D eigenvalue weighted by molar-refractivity contribution is 0.0983. The van der Waals surface area contributed by atoms with Crippen molar-refractivity contribution >= 4 is 39.8 Å². The normalized spacial score (nSPS) is 10.8. The molecule has 0 saturated carbocycles. The second kappa shape index (κ2) is 10.1. The zero-order chi connectivity index (χ0) is 22.3. The number of aromatic nitrogens is 2. The first-order chi connectivity index (χ1) is 15.6. The minimum atomic E-state index is -0.0270. The summed E-state index contributed by atoms with van der Waals surface area (Å²) in [6.45, 7) is 0.945. The number of benzene rings is 2. The van der Waals surface area contributed by atoms with Crippen molar-refractivity contribution in [3.8, 4) is 5.75 Å². The van der Waals surface area contributed by atoms with Crippen molar-refractivity contribution in [2.45, 2.75) is 12.8 Å². The van der Waals surface area contributed by atoms with E-state index < -0.39 is 0 Å². The van der Waals surface area contributed by atoms with Crippen LogP contribution in [0.4, 0.5) is 11.6 Å². The Balaban J connectivity index is 1.39. The molecule has 0 atom stereocenters. The number of carbonyl (C=O) groups is 1. The van der Waals surface area contributed by atoms with Gasteiger partial charge in [-0.1, -0.05) is 48.0 Å². The number of hydrogen-bond donors (Lipinski definition) is 2. The van der Waals surface area contributed by atoms with Gasteiger partial charge in [-0.05, 0) is 41.6 Å². The maximum atomic E-state index is 13.0. The number of ether oxygens (including phenoxy) is 1. The highest BCUT2D eigenvalue weighted by Gasteiger charge is 2.14. The molecule has 2 aromatic heterocycles. The molecular weight excluding hydrogens is 424 g/mol. The maximum Gasteiger partial charge on any atom is 0.166 e. The fraction of sp³-hybridized carbons (Fsp3) is 0.160. The topological polar surface area (TPSA) is 90.1 Å². The van der Waals surface area contributed by atoms with Crippen LogP contribution in [0.5, 0.6) is 5.75 Å². The maximum absolute atomic E-state index is 13.0. The second-order valence-corrected chi connectivity index (χ2v) is 7.75. The molecule has 0 unspecified atom stereocenters. The summed E-state index contributed by atoms with van der Waals surface area (Å²) in [7, 11) is 0. The summed E-state index contributed by atoms with van der Waals surface area (Å²) in [5.74, 6) is 1.78. The van der Waals surface area contributed by atoms with Crippen molar-refractivity contribution in [3.63, 3.8) is 0 Å². The molecular formula is C25H23ClN4O2. The molecule has 2 heterocycles. The Morgan fingerprint density at radius 1 is 1.06 bits per heavy atom. The summed E-state index contributed by atoms with van der Waals surface area (Å²) >= 11 is 6.11. The van der Waals surface area contributed by atoms with Crippen LogP contribution in [-0.4, -0.2) is 28.9 Å². The Kier molecular flexibility index (Phi) is 6.82. The van der Waals surface area contributed by atoms with E-state index in [2.05, 4.69) is 15.3 Å². The molecule has 0 fully saturated rings. The Morgan fingerprint density at radius 2 is 1.91 bits per heavy atom. The van der Waals surface area contributed by atoms with Crippen LogP contribution in [0.25, 0.3) is 10.8 Å². The number of aryl methyl sites for hydroxylation is 1. The standard InChI is InChI=1S/C25H23ClN4O2/c26-19-15-22(25(30-16-19)29-12-13-32-20-4-2-1-3-5-20)23(31)9-7-17-6-8-21-18(14-17)10-11-28-24(21)27/h1-6,8,10-11,14-16H,7,9,12-13H2,(H2,27,28)(H,29,30). The van der Waals surface area contributed by atoms with Crippen LogP contribution in [-0.2, 0) is 6.42 Å². The second-order valence-electron chi connectivity index (χ2n) is 7.31. The molecule has 0 aliphatic heterocycles. The largest absolute Gasteiger partial charge is 0.492 e. The van der Waals surface area contributed by atoms with E-state index in [-0.39, 0.29) is 5.78 Å². The molecule has 6 nitrogen and oxygen atoms in total. The van der Waals surface area contributed by atoms with Gasteiger partial charge < -0.3 is 15.8 Å². The fourth-order valence-electron chi connectivity index (χ4n) is 3.45. The number of halogens is 1. The zero-order valence-electron chi connectivity index (χ0n) is 17.4. The molecule has 0 radical (unpaired) electrons. The fourth-order valence-corrected chi connectivity index (χ4v) is 3.60. The van der Waals surface area contributed by atoms with E-state index in [1.807, 2.05) is 54.6 Å². The van der Waals surface area contributed by atoms with E-state index in [9.17, 15) is 4.79 Å². The van der Waals surface area contributed by atoms with Crippen molar-refractivity contribution < 1.29 is 9.53 Å². The van der Waals surface area contributed by atoms with Crippen LogP contribution in [0.2, 0.25) is 5.02 Å². The van der Waals surface area contributed by atoms with Crippen LogP contribution in [0.15, 0.2) is 73.1 Å². The van der Waals surface area contributed by atoms with Gasteiger partial charge in [0, 0.05) is 24.2 Å². The molecule has 32 heavy (non-hydrogen) atoms. The van der Waals surface area contributed by atoms with Crippen LogP contribution in [0.3, 0.4) is 0 Å². The predicted molar refractivity (Wildman–Crippen MR) is 128 cm³/mol. The van der Waals surface area contributed by atoms with E-state index in [0.29, 0.717) is 48.2 Å². The summed E-state index contributed by atoms with van der Waals surface area (Å²) in [4.78, 5) is 21.4. The van der Waals surface area contributed by atoms with Gasteiger partial charge in [0.15, 0.2) is 5.78 Å². The Morgan fingerprint density at radius 3 is 2.75 bits per heavy atom. The first kappa shape index (κ1) is 21.6. The number of nitrogen functional groups attached to an aromatic ring is 1. The number of carbonyl (C=O) groups excluding carboxylic acids is 1. The van der Waals surface area contributed by atoms with Gasteiger partial charge in [-0.3, -0.25) is 4.79 Å². The lowest BCUT2D eigenvalue weighted by Gasteiger charge is -2.12. The van der Waals surface area contributed by atoms with Gasteiger partial charge in [-0.15, -0.1) is 0 Å². The number of anilines is 2. The number of nitrogens with one attached hydrogen (secondary N) is 1. The molecule has 162 valence electrons. The van der Waals surface area contributed by atoms with E-state index in [1.165, 1.54) is 6.20 Å². The zero-order valence-corrected chi connectivity index (χ0v) is 18.2. The number of nitrogens with two attached hydrogens (primary N) is 1. The lowest BCUT2D eigenvalue weighted by Crippen LogP contribution is -2.15. The third kappa shape index (κ3) is 5.34. The van der Waals surface area contributed by atoms with Gasteiger partial charge in [0.1, 0.15) is 24.0 Å². The van der Waals surface area contributed by atoms with Crippen LogP contribution >= 0.6 is 11.6 Å². The molecule has 0 bridgehead atoms. The highest BCUT2D eigenvalue weighted by molar-refractivity contribution is 6.31.